The summed E-state index contributed by atoms with van der Waals surface area (Å²) in [5, 5.41) is 3.85. The molecule has 0 saturated heterocycles. The van der Waals surface area contributed by atoms with Gasteiger partial charge in [0.05, 0.1) is 6.42 Å². The Bertz CT molecular complexity index is 989. The molecule has 1 unspecified atom stereocenters. The molecule has 2 aromatic carbocycles. The number of carbonyl (C=O) groups is 2. The van der Waals surface area contributed by atoms with E-state index in [1.807, 2.05) is 53.6 Å². The maximum atomic E-state index is 13.3. The van der Waals surface area contributed by atoms with E-state index in [1.165, 1.54) is 6.92 Å². The minimum absolute atomic E-state index is 0.0697. The zero-order valence-corrected chi connectivity index (χ0v) is 17.5. The third kappa shape index (κ3) is 5.25. The van der Waals surface area contributed by atoms with Gasteiger partial charge in [-0.25, -0.2) is 0 Å². The van der Waals surface area contributed by atoms with Crippen LogP contribution >= 0.6 is 0 Å². The van der Waals surface area contributed by atoms with Gasteiger partial charge in [-0.15, -0.1) is 0 Å². The summed E-state index contributed by atoms with van der Waals surface area (Å²) in [4.78, 5) is 29.6. The van der Waals surface area contributed by atoms with Crippen LogP contribution in [-0.2, 0) is 16.0 Å². The number of rotatable bonds is 7. The second-order valence-electron chi connectivity index (χ2n) is 8.05. The normalized spacial score (nSPS) is 12.2. The van der Waals surface area contributed by atoms with Crippen molar-refractivity contribution in [3.63, 3.8) is 0 Å². The first-order chi connectivity index (χ1) is 13.8. The summed E-state index contributed by atoms with van der Waals surface area (Å²) < 4.78 is 0. The van der Waals surface area contributed by atoms with E-state index in [4.69, 9.17) is 0 Å². The maximum Gasteiger partial charge on any atom is 0.231 e. The molecule has 1 atom stereocenters. The van der Waals surface area contributed by atoms with Gasteiger partial charge in [0, 0.05) is 41.4 Å². The van der Waals surface area contributed by atoms with Crippen molar-refractivity contribution < 1.29 is 9.59 Å². The topological polar surface area (TPSA) is 65.2 Å². The van der Waals surface area contributed by atoms with Crippen molar-refractivity contribution in [1.29, 1.82) is 0 Å². The number of fused-ring (bicyclic) bond motifs is 1. The quantitative estimate of drug-likeness (QED) is 0.586. The number of aromatic amines is 1. The Morgan fingerprint density at radius 2 is 1.76 bits per heavy atom. The Kier molecular flexibility index (Phi) is 6.37. The zero-order valence-electron chi connectivity index (χ0n) is 17.5. The first-order valence-corrected chi connectivity index (χ1v) is 10.1. The molecule has 0 bridgehead atoms. The fraction of sp³-hybridized carbons (Fsp3) is 0.333. The number of aromatic nitrogens is 1. The van der Waals surface area contributed by atoms with Crippen LogP contribution in [0.1, 0.15) is 39.7 Å². The van der Waals surface area contributed by atoms with Gasteiger partial charge >= 0.3 is 0 Å². The van der Waals surface area contributed by atoms with Crippen LogP contribution in [0.15, 0.2) is 54.7 Å². The molecule has 152 valence electrons. The molecule has 29 heavy (non-hydrogen) atoms. The molecular weight excluding hydrogens is 362 g/mol. The van der Waals surface area contributed by atoms with E-state index in [2.05, 4.69) is 37.1 Å². The Morgan fingerprint density at radius 3 is 2.41 bits per heavy atom. The third-order valence-corrected chi connectivity index (χ3v) is 4.97. The minimum Gasteiger partial charge on any atom is -0.361 e. The molecule has 0 aliphatic heterocycles. The highest BCUT2D eigenvalue weighted by atomic mass is 16.2. The van der Waals surface area contributed by atoms with Crippen LogP contribution in [0.3, 0.4) is 0 Å². The largest absolute Gasteiger partial charge is 0.361 e. The molecule has 1 aromatic heterocycles. The molecule has 5 nitrogen and oxygen atoms in total. The van der Waals surface area contributed by atoms with Crippen molar-refractivity contribution in [3.05, 3.63) is 60.3 Å². The van der Waals surface area contributed by atoms with Crippen LogP contribution in [0.25, 0.3) is 10.9 Å². The van der Waals surface area contributed by atoms with Crippen molar-refractivity contribution >= 4 is 34.1 Å². The highest BCUT2D eigenvalue weighted by Gasteiger charge is 2.23. The van der Waals surface area contributed by atoms with E-state index in [0.29, 0.717) is 12.3 Å². The molecule has 0 radical (unpaired) electrons. The predicted molar refractivity (Wildman–Crippen MR) is 119 cm³/mol. The Morgan fingerprint density at radius 1 is 1.03 bits per heavy atom. The molecule has 0 spiro atoms. The summed E-state index contributed by atoms with van der Waals surface area (Å²) in [6.07, 6.45) is 3.15. The summed E-state index contributed by atoms with van der Waals surface area (Å²) in [6.45, 7) is 7.94. The summed E-state index contributed by atoms with van der Waals surface area (Å²) in [5.74, 6) is 0.455. The Hall–Kier alpha value is -3.08. The van der Waals surface area contributed by atoms with E-state index in [1.54, 1.807) is 0 Å². The summed E-state index contributed by atoms with van der Waals surface area (Å²) in [6, 6.07) is 15.7. The third-order valence-electron chi connectivity index (χ3n) is 4.97. The van der Waals surface area contributed by atoms with E-state index in [-0.39, 0.29) is 17.9 Å². The van der Waals surface area contributed by atoms with Gasteiger partial charge in [0.25, 0.3) is 0 Å². The lowest BCUT2D eigenvalue weighted by molar-refractivity contribution is -0.118. The average Bonchev–Trinajstić information content (AvgIpc) is 3.10. The van der Waals surface area contributed by atoms with Crippen molar-refractivity contribution in [2.75, 3.05) is 10.2 Å². The van der Waals surface area contributed by atoms with Crippen molar-refractivity contribution in [2.24, 2.45) is 5.92 Å². The molecule has 0 aliphatic carbocycles. The van der Waals surface area contributed by atoms with Gasteiger partial charge in [0.2, 0.25) is 11.8 Å². The van der Waals surface area contributed by atoms with Crippen LogP contribution in [0, 0.1) is 5.92 Å². The lowest BCUT2D eigenvalue weighted by atomic mass is 10.0. The van der Waals surface area contributed by atoms with E-state index in [0.717, 1.165) is 34.3 Å². The maximum absolute atomic E-state index is 13.3. The van der Waals surface area contributed by atoms with Crippen LogP contribution in [0.2, 0.25) is 0 Å². The highest BCUT2D eigenvalue weighted by molar-refractivity contribution is 5.97. The molecule has 0 aliphatic rings. The molecule has 0 saturated carbocycles. The standard InChI is InChI=1S/C24H29N3O2/c1-16(2)13-17(3)27(22-9-10-23-20(15-22)11-12-25-23)24(29)14-19-5-7-21(8-6-19)26-18(4)28/h5-12,15-17,25H,13-14H2,1-4H3,(H,26,28). The molecule has 3 aromatic rings. The smallest absolute Gasteiger partial charge is 0.231 e. The molecular formula is C24H29N3O2. The van der Waals surface area contributed by atoms with Crippen LogP contribution < -0.4 is 10.2 Å². The summed E-state index contributed by atoms with van der Waals surface area (Å²) in [7, 11) is 0. The Balaban J connectivity index is 1.84. The number of hydrogen-bond donors (Lipinski definition) is 2. The molecule has 1 heterocycles. The Labute approximate surface area is 172 Å². The first-order valence-electron chi connectivity index (χ1n) is 10.1. The van der Waals surface area contributed by atoms with Gasteiger partial charge in [-0.1, -0.05) is 26.0 Å². The molecule has 5 heteroatoms. The fourth-order valence-electron chi connectivity index (χ4n) is 3.79. The van der Waals surface area contributed by atoms with Crippen LogP contribution in [0.4, 0.5) is 11.4 Å². The van der Waals surface area contributed by atoms with Gasteiger partial charge in [0.1, 0.15) is 0 Å². The van der Waals surface area contributed by atoms with Crippen molar-refractivity contribution in [3.8, 4) is 0 Å². The number of amides is 2. The van der Waals surface area contributed by atoms with E-state index < -0.39 is 0 Å². The van der Waals surface area contributed by atoms with Crippen LogP contribution in [0.5, 0.6) is 0 Å². The summed E-state index contributed by atoms with van der Waals surface area (Å²) >= 11 is 0. The number of anilines is 2. The molecule has 3 rings (SSSR count). The van der Waals surface area contributed by atoms with E-state index >= 15 is 0 Å². The summed E-state index contributed by atoms with van der Waals surface area (Å²) in [5.41, 5.74) is 3.64. The van der Waals surface area contributed by atoms with Gasteiger partial charge in [-0.05, 0) is 61.2 Å². The number of nitrogens with zero attached hydrogens (tertiary/aromatic N) is 1. The van der Waals surface area contributed by atoms with Crippen molar-refractivity contribution in [2.45, 2.75) is 46.6 Å². The molecule has 2 amide bonds. The lowest BCUT2D eigenvalue weighted by Crippen LogP contribution is -2.40. The second kappa shape index (κ2) is 8.95. The average molecular weight is 392 g/mol. The minimum atomic E-state index is -0.109. The first kappa shape index (κ1) is 20.6. The second-order valence-corrected chi connectivity index (χ2v) is 8.05. The number of nitrogens with one attached hydrogen (secondary N) is 2. The van der Waals surface area contributed by atoms with Crippen molar-refractivity contribution in [1.82, 2.24) is 4.98 Å². The predicted octanol–water partition coefficient (Wildman–Crippen LogP) is 5.14. The van der Waals surface area contributed by atoms with Crippen LogP contribution in [-0.4, -0.2) is 22.8 Å². The number of hydrogen-bond acceptors (Lipinski definition) is 2. The van der Waals surface area contributed by atoms with E-state index in [9.17, 15) is 9.59 Å². The SMILES string of the molecule is CC(=O)Nc1ccc(CC(=O)N(c2ccc3[nH]ccc3c2)C(C)CC(C)C)cc1. The highest BCUT2D eigenvalue weighted by Crippen LogP contribution is 2.26. The lowest BCUT2D eigenvalue weighted by Gasteiger charge is -2.31. The van der Waals surface area contributed by atoms with Gasteiger partial charge < -0.3 is 15.2 Å². The molecule has 2 N–H and O–H groups in total. The van der Waals surface area contributed by atoms with Gasteiger partial charge in [0.15, 0.2) is 0 Å². The number of carbonyl (C=O) groups excluding carboxylic acids is 2. The number of H-pyrrole nitrogens is 1. The monoisotopic (exact) mass is 391 g/mol. The van der Waals surface area contributed by atoms with Gasteiger partial charge in [-0.3, -0.25) is 9.59 Å². The number of benzene rings is 2. The zero-order chi connectivity index (χ0) is 21.0. The molecule has 0 fully saturated rings. The fourth-order valence-corrected chi connectivity index (χ4v) is 3.79. The van der Waals surface area contributed by atoms with Gasteiger partial charge in [-0.2, -0.15) is 0 Å².